The van der Waals surface area contributed by atoms with Crippen LogP contribution in [0.2, 0.25) is 5.15 Å². The van der Waals surface area contributed by atoms with Gasteiger partial charge >= 0.3 is 0 Å². The summed E-state index contributed by atoms with van der Waals surface area (Å²) in [6, 6.07) is 3.21. The quantitative estimate of drug-likeness (QED) is 0.766. The highest BCUT2D eigenvalue weighted by atomic mass is 35.5. The Kier molecular flexibility index (Phi) is 4.37. The molecule has 0 aliphatic heterocycles. The van der Waals surface area contributed by atoms with Crippen LogP contribution in [0.4, 0.5) is 0 Å². The van der Waals surface area contributed by atoms with E-state index in [1.54, 1.807) is 0 Å². The molecule has 1 unspecified atom stereocenters. The largest absolute Gasteiger partial charge is 0.330 e. The molecule has 1 aliphatic carbocycles. The molecule has 94 valence electrons. The van der Waals surface area contributed by atoms with Crippen LogP contribution in [-0.4, -0.2) is 17.6 Å². The minimum Gasteiger partial charge on any atom is -0.330 e. The van der Waals surface area contributed by atoms with Crippen LogP contribution in [-0.2, 0) is 6.42 Å². The van der Waals surface area contributed by atoms with Gasteiger partial charge in [-0.2, -0.15) is 0 Å². The fourth-order valence-electron chi connectivity index (χ4n) is 1.92. The molecular weight excluding hydrogens is 234 g/mol. The maximum absolute atomic E-state index is 6.08. The van der Waals surface area contributed by atoms with Crippen molar-refractivity contribution in [1.29, 1.82) is 0 Å². The van der Waals surface area contributed by atoms with Gasteiger partial charge in [0, 0.05) is 18.3 Å². The lowest BCUT2D eigenvalue weighted by Crippen LogP contribution is -2.21. The number of aromatic nitrogens is 1. The second-order valence-corrected chi connectivity index (χ2v) is 5.13. The first kappa shape index (κ1) is 12.8. The van der Waals surface area contributed by atoms with Gasteiger partial charge in [-0.05, 0) is 56.3 Å². The molecule has 1 saturated carbocycles. The predicted molar refractivity (Wildman–Crippen MR) is 71.2 cm³/mol. The number of hydrogen-bond donors (Lipinski definition) is 2. The molecule has 0 saturated heterocycles. The Morgan fingerprint density at radius 1 is 1.59 bits per heavy atom. The summed E-state index contributed by atoms with van der Waals surface area (Å²) < 4.78 is 0. The molecule has 0 bridgehead atoms. The lowest BCUT2D eigenvalue weighted by atomic mass is 10.1. The zero-order chi connectivity index (χ0) is 12.3. The smallest absolute Gasteiger partial charge is 0.132 e. The molecule has 4 heteroatoms. The normalized spacial score (nSPS) is 17.1. The lowest BCUT2D eigenvalue weighted by Gasteiger charge is -2.15. The fourth-order valence-corrected chi connectivity index (χ4v) is 2.11. The van der Waals surface area contributed by atoms with Gasteiger partial charge in [0.05, 0.1) is 0 Å². The van der Waals surface area contributed by atoms with Crippen molar-refractivity contribution in [2.45, 2.75) is 44.7 Å². The number of aryl methyl sites for hydroxylation is 1. The van der Waals surface area contributed by atoms with E-state index in [2.05, 4.69) is 23.3 Å². The molecule has 3 nitrogen and oxygen atoms in total. The first-order chi connectivity index (χ1) is 8.20. The van der Waals surface area contributed by atoms with Crippen LogP contribution in [0, 0.1) is 0 Å². The summed E-state index contributed by atoms with van der Waals surface area (Å²) >= 11 is 6.08. The number of pyridine rings is 1. The van der Waals surface area contributed by atoms with Crippen LogP contribution < -0.4 is 11.1 Å². The SMILES string of the molecule is CC(NC1CC1)c1cnc(Cl)c(CCCN)c1. The molecule has 0 aromatic carbocycles. The lowest BCUT2D eigenvalue weighted by molar-refractivity contribution is 0.568. The summed E-state index contributed by atoms with van der Waals surface area (Å²) in [5.41, 5.74) is 7.85. The number of hydrogen-bond acceptors (Lipinski definition) is 3. The van der Waals surface area contributed by atoms with E-state index in [4.69, 9.17) is 17.3 Å². The average molecular weight is 254 g/mol. The molecule has 1 atom stereocenters. The second-order valence-electron chi connectivity index (χ2n) is 4.77. The molecule has 0 spiro atoms. The van der Waals surface area contributed by atoms with Crippen molar-refractivity contribution >= 4 is 11.6 Å². The van der Waals surface area contributed by atoms with Crippen LogP contribution in [0.3, 0.4) is 0 Å². The first-order valence-electron chi connectivity index (χ1n) is 6.31. The summed E-state index contributed by atoms with van der Waals surface area (Å²) in [6.07, 6.45) is 6.33. The number of nitrogens with two attached hydrogens (primary N) is 1. The van der Waals surface area contributed by atoms with E-state index in [1.165, 1.54) is 18.4 Å². The highest BCUT2D eigenvalue weighted by molar-refractivity contribution is 6.30. The van der Waals surface area contributed by atoms with Gasteiger partial charge in [-0.3, -0.25) is 0 Å². The van der Waals surface area contributed by atoms with E-state index in [0.717, 1.165) is 18.4 Å². The Labute approximate surface area is 108 Å². The molecule has 1 heterocycles. The van der Waals surface area contributed by atoms with E-state index in [0.29, 0.717) is 23.8 Å². The van der Waals surface area contributed by atoms with Crippen molar-refractivity contribution in [1.82, 2.24) is 10.3 Å². The predicted octanol–water partition coefficient (Wildman–Crippen LogP) is 2.44. The monoisotopic (exact) mass is 253 g/mol. The Hall–Kier alpha value is -0.640. The van der Waals surface area contributed by atoms with Gasteiger partial charge in [0.2, 0.25) is 0 Å². The number of nitrogens with zero attached hydrogens (tertiary/aromatic N) is 1. The van der Waals surface area contributed by atoms with Crippen molar-refractivity contribution in [2.75, 3.05) is 6.54 Å². The molecule has 0 amide bonds. The minimum atomic E-state index is 0.351. The van der Waals surface area contributed by atoms with Crippen molar-refractivity contribution in [3.8, 4) is 0 Å². The maximum atomic E-state index is 6.08. The van der Waals surface area contributed by atoms with Gasteiger partial charge in [-0.1, -0.05) is 11.6 Å². The van der Waals surface area contributed by atoms with E-state index in [9.17, 15) is 0 Å². The van der Waals surface area contributed by atoms with E-state index < -0.39 is 0 Å². The molecule has 1 aromatic rings. The zero-order valence-electron chi connectivity index (χ0n) is 10.2. The fraction of sp³-hybridized carbons (Fsp3) is 0.615. The molecular formula is C13H20ClN3. The number of halogens is 1. The van der Waals surface area contributed by atoms with Crippen LogP contribution in [0.1, 0.15) is 43.4 Å². The summed E-state index contributed by atoms with van der Waals surface area (Å²) in [7, 11) is 0. The molecule has 2 rings (SSSR count). The van der Waals surface area contributed by atoms with Gasteiger partial charge in [0.1, 0.15) is 5.15 Å². The highest BCUT2D eigenvalue weighted by Gasteiger charge is 2.23. The van der Waals surface area contributed by atoms with Gasteiger partial charge in [-0.25, -0.2) is 4.98 Å². The standard InChI is InChI=1S/C13H20ClN3/c1-9(17-12-4-5-12)11-7-10(3-2-6-15)13(14)16-8-11/h7-9,12,17H,2-6,15H2,1H3. The molecule has 1 aliphatic rings. The van der Waals surface area contributed by atoms with Crippen molar-refractivity contribution in [2.24, 2.45) is 5.73 Å². The van der Waals surface area contributed by atoms with Crippen LogP contribution in [0.5, 0.6) is 0 Å². The summed E-state index contributed by atoms with van der Waals surface area (Å²) in [5.74, 6) is 0. The minimum absolute atomic E-state index is 0.351. The van der Waals surface area contributed by atoms with Crippen molar-refractivity contribution in [3.63, 3.8) is 0 Å². The maximum Gasteiger partial charge on any atom is 0.132 e. The zero-order valence-corrected chi connectivity index (χ0v) is 11.0. The Bertz CT molecular complexity index is 377. The summed E-state index contributed by atoms with van der Waals surface area (Å²) in [5, 5.41) is 4.18. The second kappa shape index (κ2) is 5.80. The number of rotatable bonds is 6. The average Bonchev–Trinajstić information content (AvgIpc) is 3.11. The van der Waals surface area contributed by atoms with Gasteiger partial charge in [0.15, 0.2) is 0 Å². The Balaban J connectivity index is 2.05. The van der Waals surface area contributed by atoms with Crippen LogP contribution in [0.25, 0.3) is 0 Å². The van der Waals surface area contributed by atoms with Gasteiger partial charge in [-0.15, -0.1) is 0 Å². The van der Waals surface area contributed by atoms with E-state index >= 15 is 0 Å². The van der Waals surface area contributed by atoms with Gasteiger partial charge in [0.25, 0.3) is 0 Å². The summed E-state index contributed by atoms with van der Waals surface area (Å²) in [6.45, 7) is 2.87. The first-order valence-corrected chi connectivity index (χ1v) is 6.69. The van der Waals surface area contributed by atoms with E-state index in [-0.39, 0.29) is 0 Å². The third-order valence-electron chi connectivity index (χ3n) is 3.15. The molecule has 1 aromatic heterocycles. The van der Waals surface area contributed by atoms with Crippen molar-refractivity contribution < 1.29 is 0 Å². The third kappa shape index (κ3) is 3.66. The Morgan fingerprint density at radius 3 is 3.00 bits per heavy atom. The van der Waals surface area contributed by atoms with Crippen LogP contribution >= 0.6 is 11.6 Å². The highest BCUT2D eigenvalue weighted by Crippen LogP contribution is 2.25. The molecule has 0 radical (unpaired) electrons. The van der Waals surface area contributed by atoms with E-state index in [1.807, 2.05) is 6.20 Å². The molecule has 17 heavy (non-hydrogen) atoms. The Morgan fingerprint density at radius 2 is 2.35 bits per heavy atom. The topological polar surface area (TPSA) is 50.9 Å². The summed E-state index contributed by atoms with van der Waals surface area (Å²) in [4.78, 5) is 4.27. The van der Waals surface area contributed by atoms with Crippen molar-refractivity contribution in [3.05, 3.63) is 28.5 Å². The third-order valence-corrected chi connectivity index (χ3v) is 3.49. The number of nitrogens with one attached hydrogen (secondary N) is 1. The van der Waals surface area contributed by atoms with Gasteiger partial charge < -0.3 is 11.1 Å². The van der Waals surface area contributed by atoms with Crippen LogP contribution in [0.15, 0.2) is 12.3 Å². The molecule has 3 N–H and O–H groups in total. The molecule has 1 fully saturated rings.